The van der Waals surface area contributed by atoms with Gasteiger partial charge in [0.2, 0.25) is 20.0 Å². The second-order valence-corrected chi connectivity index (χ2v) is 10.6. The number of hydrogen-bond donors (Lipinski definition) is 0. The summed E-state index contributed by atoms with van der Waals surface area (Å²) < 4.78 is 67.1. The molecule has 0 atom stereocenters. The summed E-state index contributed by atoms with van der Waals surface area (Å²) in [5, 5.41) is 9.41. The predicted octanol–water partition coefficient (Wildman–Crippen LogP) is 2.44. The van der Waals surface area contributed by atoms with Crippen LogP contribution in [0, 0.1) is 17.1 Å². The third-order valence-corrected chi connectivity index (χ3v) is 8.63. The van der Waals surface area contributed by atoms with Gasteiger partial charge in [0.25, 0.3) is 0 Å². The molecule has 3 rings (SSSR count). The van der Waals surface area contributed by atoms with E-state index in [0.717, 1.165) is 16.4 Å². The van der Waals surface area contributed by atoms with Crippen LogP contribution in [0.5, 0.6) is 0 Å². The first-order valence-corrected chi connectivity index (χ1v) is 11.9. The van der Waals surface area contributed by atoms with Gasteiger partial charge < -0.3 is 0 Å². The van der Waals surface area contributed by atoms with Gasteiger partial charge in [0.15, 0.2) is 0 Å². The van der Waals surface area contributed by atoms with E-state index in [4.69, 9.17) is 11.6 Å². The molecule has 0 N–H and O–H groups in total. The van der Waals surface area contributed by atoms with Crippen LogP contribution in [-0.4, -0.2) is 51.6 Å². The fourth-order valence-electron chi connectivity index (χ4n) is 3.05. The molecule has 0 amide bonds. The van der Waals surface area contributed by atoms with Crippen molar-refractivity contribution in [2.45, 2.75) is 16.2 Å². The van der Waals surface area contributed by atoms with E-state index in [0.29, 0.717) is 0 Å². The summed E-state index contributed by atoms with van der Waals surface area (Å²) in [5.41, 5.74) is -0.0329. The SMILES string of the molecule is N#Cc1ccc(Cl)cc1S(=O)(=O)N1CCCN(S(=O)(=O)c2ccc(F)cc2)CC1. The van der Waals surface area contributed by atoms with Crippen LogP contribution < -0.4 is 0 Å². The minimum absolute atomic E-state index is 0.0329. The van der Waals surface area contributed by atoms with Crippen LogP contribution in [0.15, 0.2) is 52.3 Å². The van der Waals surface area contributed by atoms with E-state index < -0.39 is 25.9 Å². The highest BCUT2D eigenvalue weighted by Crippen LogP contribution is 2.26. The van der Waals surface area contributed by atoms with Crippen molar-refractivity contribution in [2.75, 3.05) is 26.2 Å². The summed E-state index contributed by atoms with van der Waals surface area (Å²) in [7, 11) is -7.92. The normalized spacial score (nSPS) is 16.9. The molecule has 0 saturated carbocycles. The van der Waals surface area contributed by atoms with Crippen molar-refractivity contribution >= 4 is 31.6 Å². The summed E-state index contributed by atoms with van der Waals surface area (Å²) in [6.07, 6.45) is 0.266. The summed E-state index contributed by atoms with van der Waals surface area (Å²) in [6.45, 7) is 0.0586. The zero-order valence-corrected chi connectivity index (χ0v) is 17.5. The first-order valence-electron chi connectivity index (χ1n) is 8.62. The van der Waals surface area contributed by atoms with Gasteiger partial charge in [-0.2, -0.15) is 13.9 Å². The van der Waals surface area contributed by atoms with Crippen molar-refractivity contribution in [1.29, 1.82) is 5.26 Å². The smallest absolute Gasteiger partial charge is 0.207 e. The Labute approximate surface area is 174 Å². The molecule has 1 saturated heterocycles. The molecular formula is C18H17ClFN3O4S2. The molecule has 0 aliphatic carbocycles. The Balaban J connectivity index is 1.85. The third-order valence-electron chi connectivity index (χ3n) is 4.55. The lowest BCUT2D eigenvalue weighted by molar-refractivity contribution is 0.404. The van der Waals surface area contributed by atoms with E-state index >= 15 is 0 Å². The van der Waals surface area contributed by atoms with Gasteiger partial charge in [-0.3, -0.25) is 0 Å². The quantitative estimate of drug-likeness (QED) is 0.702. The molecule has 0 unspecified atom stereocenters. The molecule has 1 fully saturated rings. The Morgan fingerprint density at radius 2 is 1.48 bits per heavy atom. The maximum atomic E-state index is 13.1. The first kappa shape index (κ1) is 21.7. The molecule has 0 bridgehead atoms. The summed E-state index contributed by atoms with van der Waals surface area (Å²) >= 11 is 5.91. The van der Waals surface area contributed by atoms with Crippen LogP contribution in [0.3, 0.4) is 0 Å². The third kappa shape index (κ3) is 4.44. The minimum Gasteiger partial charge on any atom is -0.207 e. The van der Waals surface area contributed by atoms with Gasteiger partial charge in [0.05, 0.1) is 10.5 Å². The van der Waals surface area contributed by atoms with Crippen molar-refractivity contribution in [3.8, 4) is 6.07 Å². The molecule has 2 aromatic carbocycles. The van der Waals surface area contributed by atoms with E-state index in [1.165, 1.54) is 34.6 Å². The van der Waals surface area contributed by atoms with Crippen LogP contribution in [0.2, 0.25) is 5.02 Å². The van der Waals surface area contributed by atoms with Gasteiger partial charge in [-0.05, 0) is 48.9 Å². The number of nitriles is 1. The van der Waals surface area contributed by atoms with Crippen LogP contribution >= 0.6 is 11.6 Å². The van der Waals surface area contributed by atoms with E-state index in [1.807, 2.05) is 6.07 Å². The van der Waals surface area contributed by atoms with E-state index in [-0.39, 0.29) is 53.0 Å². The number of hydrogen-bond acceptors (Lipinski definition) is 5. The Kier molecular flexibility index (Phi) is 6.26. The molecule has 7 nitrogen and oxygen atoms in total. The van der Waals surface area contributed by atoms with Crippen molar-refractivity contribution in [3.05, 3.63) is 58.9 Å². The lowest BCUT2D eigenvalue weighted by Gasteiger charge is -2.22. The van der Waals surface area contributed by atoms with Crippen LogP contribution in [0.1, 0.15) is 12.0 Å². The molecule has 0 radical (unpaired) electrons. The standard InChI is InChI=1S/C18H17ClFN3O4S2/c19-15-3-2-14(13-21)18(12-15)29(26,27)23-9-1-8-22(10-11-23)28(24,25)17-6-4-16(20)5-7-17/h2-7,12H,1,8-11H2. The molecule has 1 aliphatic heterocycles. The van der Waals surface area contributed by atoms with Crippen molar-refractivity contribution in [2.24, 2.45) is 0 Å². The molecule has 154 valence electrons. The zero-order chi connectivity index (χ0) is 21.2. The van der Waals surface area contributed by atoms with Gasteiger partial charge in [0.1, 0.15) is 16.8 Å². The molecule has 1 heterocycles. The maximum Gasteiger partial charge on any atom is 0.244 e. The van der Waals surface area contributed by atoms with Gasteiger partial charge in [-0.25, -0.2) is 21.2 Å². The highest BCUT2D eigenvalue weighted by molar-refractivity contribution is 7.89. The van der Waals surface area contributed by atoms with Crippen LogP contribution in [0.25, 0.3) is 0 Å². The molecule has 11 heteroatoms. The number of rotatable bonds is 4. The highest BCUT2D eigenvalue weighted by atomic mass is 35.5. The Morgan fingerprint density at radius 1 is 0.897 bits per heavy atom. The highest BCUT2D eigenvalue weighted by Gasteiger charge is 2.33. The summed E-state index contributed by atoms with van der Waals surface area (Å²) in [5.74, 6) is -0.549. The average molecular weight is 458 g/mol. The Morgan fingerprint density at radius 3 is 2.07 bits per heavy atom. The fourth-order valence-corrected chi connectivity index (χ4v) is 6.39. The fraction of sp³-hybridized carbons (Fsp3) is 0.278. The number of benzene rings is 2. The Hall–Kier alpha value is -2.03. The number of halogens is 2. The molecule has 0 aromatic heterocycles. The second kappa shape index (κ2) is 8.38. The summed E-state index contributed by atoms with van der Waals surface area (Å²) in [6, 6.07) is 10.3. The predicted molar refractivity (Wildman–Crippen MR) is 105 cm³/mol. The first-order chi connectivity index (χ1) is 13.7. The van der Waals surface area contributed by atoms with Crippen LogP contribution in [-0.2, 0) is 20.0 Å². The van der Waals surface area contributed by atoms with E-state index in [9.17, 15) is 26.5 Å². The van der Waals surface area contributed by atoms with E-state index in [1.54, 1.807) is 0 Å². The van der Waals surface area contributed by atoms with Gasteiger partial charge >= 0.3 is 0 Å². The van der Waals surface area contributed by atoms with Gasteiger partial charge in [0, 0.05) is 31.2 Å². The van der Waals surface area contributed by atoms with Crippen molar-refractivity contribution in [1.82, 2.24) is 8.61 Å². The minimum atomic E-state index is -4.03. The van der Waals surface area contributed by atoms with E-state index in [2.05, 4.69) is 0 Å². The molecule has 29 heavy (non-hydrogen) atoms. The number of sulfonamides is 2. The van der Waals surface area contributed by atoms with Crippen LogP contribution in [0.4, 0.5) is 4.39 Å². The lowest BCUT2D eigenvalue weighted by atomic mass is 10.2. The van der Waals surface area contributed by atoms with Gasteiger partial charge in [-0.1, -0.05) is 11.6 Å². The zero-order valence-electron chi connectivity index (χ0n) is 15.1. The lowest BCUT2D eigenvalue weighted by Crippen LogP contribution is -2.37. The topological polar surface area (TPSA) is 98.5 Å². The Bertz CT molecular complexity index is 1160. The number of nitrogens with zero attached hydrogens (tertiary/aromatic N) is 3. The summed E-state index contributed by atoms with van der Waals surface area (Å²) in [4.78, 5) is -0.265. The average Bonchev–Trinajstić information content (AvgIpc) is 2.95. The maximum absolute atomic E-state index is 13.1. The molecule has 2 aromatic rings. The largest absolute Gasteiger partial charge is 0.244 e. The van der Waals surface area contributed by atoms with Gasteiger partial charge in [-0.15, -0.1) is 0 Å². The van der Waals surface area contributed by atoms with Crippen molar-refractivity contribution < 1.29 is 21.2 Å². The molecular weight excluding hydrogens is 441 g/mol. The van der Waals surface area contributed by atoms with Crippen molar-refractivity contribution in [3.63, 3.8) is 0 Å². The molecule has 0 spiro atoms. The monoisotopic (exact) mass is 457 g/mol. The molecule has 1 aliphatic rings. The second-order valence-electron chi connectivity index (χ2n) is 6.37.